The number of fused-ring (bicyclic) bond motifs is 1. The van der Waals surface area contributed by atoms with Crippen LogP contribution >= 0.6 is 0 Å². The van der Waals surface area contributed by atoms with Gasteiger partial charge >= 0.3 is 0 Å². The topological polar surface area (TPSA) is 79.3 Å². The molecule has 3 aromatic rings. The van der Waals surface area contributed by atoms with Gasteiger partial charge in [0.05, 0.1) is 11.5 Å². The fourth-order valence-corrected chi connectivity index (χ4v) is 2.00. The van der Waals surface area contributed by atoms with E-state index in [1.54, 1.807) is 25.1 Å². The Kier molecular flexibility index (Phi) is 3.30. The number of nitriles is 1. The van der Waals surface area contributed by atoms with E-state index in [0.29, 0.717) is 22.8 Å². The molecule has 0 fully saturated rings. The van der Waals surface area contributed by atoms with E-state index in [-0.39, 0.29) is 5.76 Å². The number of benzene rings is 1. The third-order valence-electron chi connectivity index (χ3n) is 3.10. The number of aromatic nitrogens is 1. The molecule has 1 aromatic carbocycles. The minimum atomic E-state index is -0.587. The molecule has 21 heavy (non-hydrogen) atoms. The number of aliphatic hydroxyl groups is 1. The summed E-state index contributed by atoms with van der Waals surface area (Å²) in [5, 5.41) is 19.3. The Bertz CT molecular complexity index is 814. The van der Waals surface area contributed by atoms with Crippen LogP contribution in [0.5, 0.6) is 11.6 Å². The Morgan fingerprint density at radius 3 is 2.76 bits per heavy atom. The van der Waals surface area contributed by atoms with Gasteiger partial charge in [-0.2, -0.15) is 5.26 Å². The normalized spacial score (nSPS) is 12.0. The second-order valence-electron chi connectivity index (χ2n) is 4.58. The van der Waals surface area contributed by atoms with Gasteiger partial charge in [-0.15, -0.1) is 0 Å². The number of para-hydroxylation sites is 1. The molecule has 5 heteroatoms. The van der Waals surface area contributed by atoms with Gasteiger partial charge in [0.25, 0.3) is 0 Å². The van der Waals surface area contributed by atoms with Crippen molar-refractivity contribution < 1.29 is 14.3 Å². The highest BCUT2D eigenvalue weighted by atomic mass is 16.5. The van der Waals surface area contributed by atoms with Crippen molar-refractivity contribution in [3.8, 4) is 17.7 Å². The van der Waals surface area contributed by atoms with Crippen LogP contribution in [-0.4, -0.2) is 10.1 Å². The second-order valence-corrected chi connectivity index (χ2v) is 4.58. The highest BCUT2D eigenvalue weighted by molar-refractivity contribution is 5.86. The maximum atomic E-state index is 9.46. The third kappa shape index (κ3) is 2.45. The van der Waals surface area contributed by atoms with Crippen molar-refractivity contribution in [3.05, 3.63) is 53.9 Å². The SMILES string of the molecule is CC(O)c1ccc(Oc2c(C#N)oc3ccccc23)nc1. The standard InChI is InChI=1S/C16H12N2O3/c1-10(19)11-6-7-15(18-9-11)21-16-12-4-2-3-5-13(12)20-14(16)8-17/h2-7,9-10,19H,1H3. The largest absolute Gasteiger partial charge is 0.442 e. The van der Waals surface area contributed by atoms with Crippen molar-refractivity contribution in [1.29, 1.82) is 5.26 Å². The van der Waals surface area contributed by atoms with Crippen LogP contribution < -0.4 is 4.74 Å². The van der Waals surface area contributed by atoms with Crippen molar-refractivity contribution in [2.75, 3.05) is 0 Å². The second kappa shape index (κ2) is 5.27. The molecule has 0 bridgehead atoms. The summed E-state index contributed by atoms with van der Waals surface area (Å²) in [6.07, 6.45) is 0.949. The first-order chi connectivity index (χ1) is 10.2. The van der Waals surface area contributed by atoms with Crippen LogP contribution in [0.1, 0.15) is 24.4 Å². The maximum absolute atomic E-state index is 9.46. The molecule has 5 nitrogen and oxygen atoms in total. The van der Waals surface area contributed by atoms with Crippen LogP contribution in [0.25, 0.3) is 11.0 Å². The molecule has 0 radical (unpaired) electrons. The number of ether oxygens (including phenoxy) is 1. The number of hydrogen-bond acceptors (Lipinski definition) is 5. The van der Waals surface area contributed by atoms with E-state index >= 15 is 0 Å². The molecule has 0 aliphatic rings. The Morgan fingerprint density at radius 2 is 2.10 bits per heavy atom. The molecule has 3 rings (SSSR count). The van der Waals surface area contributed by atoms with E-state index < -0.39 is 6.10 Å². The predicted molar refractivity (Wildman–Crippen MR) is 75.9 cm³/mol. The number of nitrogens with zero attached hydrogens (tertiary/aromatic N) is 2. The van der Waals surface area contributed by atoms with Crippen molar-refractivity contribution >= 4 is 11.0 Å². The minimum absolute atomic E-state index is 0.109. The predicted octanol–water partition coefficient (Wildman–Crippen LogP) is 3.55. The Labute approximate surface area is 121 Å². The molecular formula is C16H12N2O3. The van der Waals surface area contributed by atoms with E-state index in [9.17, 15) is 5.11 Å². The van der Waals surface area contributed by atoms with Gasteiger partial charge in [-0.05, 0) is 30.7 Å². The van der Waals surface area contributed by atoms with E-state index in [2.05, 4.69) is 4.98 Å². The molecule has 0 amide bonds. The van der Waals surface area contributed by atoms with Crippen LogP contribution in [0, 0.1) is 11.3 Å². The average molecular weight is 280 g/mol. The maximum Gasteiger partial charge on any atom is 0.247 e. The van der Waals surface area contributed by atoms with Crippen LogP contribution in [-0.2, 0) is 0 Å². The van der Waals surface area contributed by atoms with Gasteiger partial charge in [0.1, 0.15) is 11.7 Å². The lowest BCUT2D eigenvalue weighted by molar-refractivity contribution is 0.198. The zero-order valence-corrected chi connectivity index (χ0v) is 11.3. The van der Waals surface area contributed by atoms with Gasteiger partial charge < -0.3 is 14.3 Å². The number of aliphatic hydroxyl groups excluding tert-OH is 1. The molecule has 0 aliphatic heterocycles. The van der Waals surface area contributed by atoms with Crippen molar-refractivity contribution in [1.82, 2.24) is 4.98 Å². The van der Waals surface area contributed by atoms with Crippen LogP contribution in [0.2, 0.25) is 0 Å². The summed E-state index contributed by atoms with van der Waals surface area (Å²) in [5.74, 6) is 0.797. The first kappa shape index (κ1) is 13.2. The quantitative estimate of drug-likeness (QED) is 0.793. The summed E-state index contributed by atoms with van der Waals surface area (Å²) in [6, 6.07) is 12.6. The molecular weight excluding hydrogens is 268 g/mol. The molecule has 1 unspecified atom stereocenters. The van der Waals surface area contributed by atoms with Crippen LogP contribution in [0.15, 0.2) is 47.0 Å². The van der Waals surface area contributed by atoms with Crippen LogP contribution in [0.4, 0.5) is 0 Å². The van der Waals surface area contributed by atoms with Gasteiger partial charge in [-0.25, -0.2) is 4.98 Å². The molecule has 1 N–H and O–H groups in total. The summed E-state index contributed by atoms with van der Waals surface area (Å²) in [4.78, 5) is 4.12. The Balaban J connectivity index is 1.99. The number of rotatable bonds is 3. The molecule has 104 valence electrons. The van der Waals surface area contributed by atoms with E-state index in [0.717, 1.165) is 5.39 Å². The lowest BCUT2D eigenvalue weighted by Crippen LogP contribution is -1.94. The monoisotopic (exact) mass is 280 g/mol. The summed E-state index contributed by atoms with van der Waals surface area (Å²) in [6.45, 7) is 1.66. The molecule has 0 saturated heterocycles. The first-order valence-corrected chi connectivity index (χ1v) is 6.42. The van der Waals surface area contributed by atoms with Gasteiger partial charge in [0.15, 0.2) is 5.75 Å². The van der Waals surface area contributed by atoms with Crippen molar-refractivity contribution in [2.45, 2.75) is 13.0 Å². The lowest BCUT2D eigenvalue weighted by atomic mass is 10.2. The first-order valence-electron chi connectivity index (χ1n) is 6.42. The van der Waals surface area contributed by atoms with Gasteiger partial charge in [-0.3, -0.25) is 0 Å². The lowest BCUT2D eigenvalue weighted by Gasteiger charge is -2.06. The minimum Gasteiger partial charge on any atom is -0.442 e. The van der Waals surface area contributed by atoms with Crippen molar-refractivity contribution in [2.24, 2.45) is 0 Å². The average Bonchev–Trinajstić information content (AvgIpc) is 2.86. The molecule has 2 heterocycles. The summed E-state index contributed by atoms with van der Waals surface area (Å²) < 4.78 is 11.1. The third-order valence-corrected chi connectivity index (χ3v) is 3.10. The summed E-state index contributed by atoms with van der Waals surface area (Å²) in [7, 11) is 0. The molecule has 0 spiro atoms. The van der Waals surface area contributed by atoms with Gasteiger partial charge in [0.2, 0.25) is 11.6 Å². The van der Waals surface area contributed by atoms with E-state index in [4.69, 9.17) is 14.4 Å². The van der Waals surface area contributed by atoms with Crippen LogP contribution in [0.3, 0.4) is 0 Å². The summed E-state index contributed by atoms with van der Waals surface area (Å²) >= 11 is 0. The number of furan rings is 1. The Morgan fingerprint density at radius 1 is 1.29 bits per heavy atom. The molecule has 0 aliphatic carbocycles. The summed E-state index contributed by atoms with van der Waals surface area (Å²) in [5.41, 5.74) is 1.28. The van der Waals surface area contributed by atoms with Gasteiger partial charge in [-0.1, -0.05) is 12.1 Å². The highest BCUT2D eigenvalue weighted by Gasteiger charge is 2.16. The zero-order valence-electron chi connectivity index (χ0n) is 11.3. The fourth-order valence-electron chi connectivity index (χ4n) is 2.00. The molecule has 2 aromatic heterocycles. The molecule has 1 atom stereocenters. The number of pyridine rings is 1. The zero-order chi connectivity index (χ0) is 14.8. The number of hydrogen-bond donors (Lipinski definition) is 1. The molecule has 0 saturated carbocycles. The van der Waals surface area contributed by atoms with E-state index in [1.165, 1.54) is 6.20 Å². The Hall–Kier alpha value is -2.84. The fraction of sp³-hybridized carbons (Fsp3) is 0.125. The van der Waals surface area contributed by atoms with E-state index in [1.807, 2.05) is 24.3 Å². The highest BCUT2D eigenvalue weighted by Crippen LogP contribution is 2.35. The smallest absolute Gasteiger partial charge is 0.247 e. The van der Waals surface area contributed by atoms with Crippen molar-refractivity contribution in [3.63, 3.8) is 0 Å². The van der Waals surface area contributed by atoms with Gasteiger partial charge in [0, 0.05) is 12.3 Å².